The number of piperidine rings is 1. The molecule has 0 atom stereocenters. The van der Waals surface area contributed by atoms with E-state index in [9.17, 15) is 26.4 Å². The van der Waals surface area contributed by atoms with Crippen LogP contribution in [-0.4, -0.2) is 57.8 Å². The maximum Gasteiger partial charge on any atom is 0.422 e. The molecule has 0 unspecified atom stereocenters. The maximum atomic E-state index is 11.8. The summed E-state index contributed by atoms with van der Waals surface area (Å²) in [4.78, 5) is 31.5. The molecule has 1 rings (SSSR count). The summed E-state index contributed by atoms with van der Waals surface area (Å²) >= 11 is 0. The molecule has 1 heterocycles. The zero-order valence-corrected chi connectivity index (χ0v) is 16.1. The smallest absolute Gasteiger partial charge is 0.422 e. The van der Waals surface area contributed by atoms with Gasteiger partial charge in [-0.1, -0.05) is 4.40 Å². The summed E-state index contributed by atoms with van der Waals surface area (Å²) in [6.45, 7) is 5.10. The van der Waals surface area contributed by atoms with E-state index < -0.39 is 31.1 Å². The molecule has 0 radical (unpaired) electrons. The van der Waals surface area contributed by atoms with Gasteiger partial charge in [0.25, 0.3) is 6.08 Å². The van der Waals surface area contributed by atoms with Crippen LogP contribution in [0.15, 0.2) is 4.40 Å². The third-order valence-corrected chi connectivity index (χ3v) is 4.35. The van der Waals surface area contributed by atoms with Gasteiger partial charge in [-0.05, 0) is 20.8 Å². The SMILES string of the molecule is CC(C)(C)OC(=O)NS(=O)(=O)N1CCC(=O)CC1.O=C=NS(=O)(=O)Cl. The Kier molecular flexibility index (Phi) is 8.68. The van der Waals surface area contributed by atoms with Crippen LogP contribution in [0.4, 0.5) is 4.79 Å². The fourth-order valence-electron chi connectivity index (χ4n) is 1.49. The molecule has 0 aromatic carbocycles. The average molecular weight is 420 g/mol. The summed E-state index contributed by atoms with van der Waals surface area (Å²) < 4.78 is 52.7. The van der Waals surface area contributed by atoms with Crippen molar-refractivity contribution < 1.29 is 36.0 Å². The topological polar surface area (TPSA) is 156 Å². The largest absolute Gasteiger partial charge is 0.443 e. The number of carbonyl (C=O) groups excluding carboxylic acids is 3. The van der Waals surface area contributed by atoms with Gasteiger partial charge in [-0.3, -0.25) is 4.79 Å². The summed E-state index contributed by atoms with van der Waals surface area (Å²) in [5, 5.41) is 0. The van der Waals surface area contributed by atoms with Crippen molar-refractivity contribution in [1.82, 2.24) is 9.03 Å². The maximum absolute atomic E-state index is 11.8. The van der Waals surface area contributed by atoms with Gasteiger partial charge in [0.2, 0.25) is 0 Å². The Morgan fingerprint density at radius 3 is 2.04 bits per heavy atom. The van der Waals surface area contributed by atoms with Gasteiger partial charge in [-0.25, -0.2) is 14.3 Å². The molecule has 1 aliphatic heterocycles. The van der Waals surface area contributed by atoms with Crippen LogP contribution in [0.5, 0.6) is 0 Å². The summed E-state index contributed by atoms with van der Waals surface area (Å²) in [6, 6.07) is 0. The molecule has 144 valence electrons. The number of ketones is 1. The predicted molar refractivity (Wildman–Crippen MR) is 87.0 cm³/mol. The Balaban J connectivity index is 0.000000697. The molecule has 1 aliphatic rings. The number of nitrogens with one attached hydrogen (secondary N) is 1. The minimum atomic E-state index is -4.00. The molecule has 14 heteroatoms. The Labute approximate surface area is 150 Å². The predicted octanol–water partition coefficient (Wildman–Crippen LogP) is 0.227. The van der Waals surface area contributed by atoms with Gasteiger partial charge in [0, 0.05) is 36.6 Å². The van der Waals surface area contributed by atoms with E-state index in [0.29, 0.717) is 0 Å². The first-order chi connectivity index (χ1) is 11.2. The third-order valence-electron chi connectivity index (χ3n) is 2.38. The van der Waals surface area contributed by atoms with E-state index in [1.165, 1.54) is 0 Å². The van der Waals surface area contributed by atoms with E-state index in [0.717, 1.165) is 10.4 Å². The molecule has 11 nitrogen and oxygen atoms in total. The molecule has 0 aliphatic carbocycles. The van der Waals surface area contributed by atoms with Crippen LogP contribution in [-0.2, 0) is 33.8 Å². The lowest BCUT2D eigenvalue weighted by molar-refractivity contribution is -0.120. The first-order valence-electron chi connectivity index (χ1n) is 6.72. The number of amides is 1. The fraction of sp³-hybridized carbons (Fsp3) is 0.727. The molecule has 1 fully saturated rings. The summed E-state index contributed by atoms with van der Waals surface area (Å²) in [5.74, 6) is 0.0266. The standard InChI is InChI=1S/C10H18N2O5S.CClNO3S/c1-10(2,3)17-9(14)11-18(15,16)12-6-4-8(13)5-7-12;2-7(5,6)3-1-4/h4-7H2,1-3H3,(H,11,14);. The van der Waals surface area contributed by atoms with E-state index in [1.54, 1.807) is 20.8 Å². The van der Waals surface area contributed by atoms with Crippen molar-refractivity contribution in [3.63, 3.8) is 0 Å². The van der Waals surface area contributed by atoms with E-state index >= 15 is 0 Å². The van der Waals surface area contributed by atoms with Gasteiger partial charge in [0.15, 0.2) is 0 Å². The highest BCUT2D eigenvalue weighted by atomic mass is 35.7. The second-order valence-electron chi connectivity index (χ2n) is 5.64. The van der Waals surface area contributed by atoms with Crippen molar-refractivity contribution in [2.75, 3.05) is 13.1 Å². The first kappa shape index (κ1) is 23.5. The molecule has 0 aromatic rings. The molecule has 0 aromatic heterocycles. The van der Waals surface area contributed by atoms with Crippen molar-refractivity contribution in [1.29, 1.82) is 0 Å². The van der Waals surface area contributed by atoms with E-state index in [1.807, 2.05) is 4.72 Å². The number of hydrogen-bond donors (Lipinski definition) is 1. The van der Waals surface area contributed by atoms with Crippen LogP contribution in [0.1, 0.15) is 33.6 Å². The van der Waals surface area contributed by atoms with E-state index in [-0.39, 0.29) is 31.7 Å². The van der Waals surface area contributed by atoms with E-state index in [4.69, 9.17) is 9.53 Å². The molecule has 25 heavy (non-hydrogen) atoms. The summed E-state index contributed by atoms with van der Waals surface area (Å²) in [5.41, 5.74) is -0.766. The van der Waals surface area contributed by atoms with Gasteiger partial charge in [-0.2, -0.15) is 21.1 Å². The Morgan fingerprint density at radius 1 is 1.24 bits per heavy atom. The number of ether oxygens (including phenoxy) is 1. The van der Waals surface area contributed by atoms with Crippen LogP contribution in [0, 0.1) is 0 Å². The summed E-state index contributed by atoms with van der Waals surface area (Å²) in [6.07, 6.45) is 0.0999. The molecule has 0 spiro atoms. The zero-order valence-electron chi connectivity index (χ0n) is 13.7. The highest BCUT2D eigenvalue weighted by Crippen LogP contribution is 2.11. The number of carbonyl (C=O) groups is 2. The fourth-order valence-corrected chi connectivity index (χ4v) is 2.71. The van der Waals surface area contributed by atoms with Gasteiger partial charge >= 0.3 is 25.5 Å². The number of hydrogen-bond acceptors (Lipinski definition) is 8. The average Bonchev–Trinajstić information content (AvgIpc) is 2.35. The van der Waals surface area contributed by atoms with Crippen LogP contribution in [0.25, 0.3) is 0 Å². The highest BCUT2D eigenvalue weighted by Gasteiger charge is 2.29. The van der Waals surface area contributed by atoms with Gasteiger partial charge in [0.05, 0.1) is 0 Å². The second kappa shape index (κ2) is 9.25. The van der Waals surface area contributed by atoms with Gasteiger partial charge < -0.3 is 4.74 Å². The summed E-state index contributed by atoms with van der Waals surface area (Å²) in [7, 11) is -3.55. The molecule has 0 saturated carbocycles. The molecule has 1 N–H and O–H groups in total. The lowest BCUT2D eigenvalue weighted by atomic mass is 10.1. The van der Waals surface area contributed by atoms with Crippen molar-refractivity contribution in [3.8, 4) is 0 Å². The number of isocyanates is 1. The Bertz CT molecular complexity index is 741. The minimum absolute atomic E-state index is 0.0266. The first-order valence-corrected chi connectivity index (χ1v) is 10.4. The number of Topliss-reactive ketones (excluding diaryl/α,β-unsaturated/α-hetero) is 1. The minimum Gasteiger partial charge on any atom is -0.443 e. The Morgan fingerprint density at radius 2 is 1.72 bits per heavy atom. The van der Waals surface area contributed by atoms with E-state index in [2.05, 4.69) is 15.1 Å². The van der Waals surface area contributed by atoms with Crippen LogP contribution in [0.2, 0.25) is 0 Å². The van der Waals surface area contributed by atoms with Gasteiger partial charge in [-0.15, -0.1) is 0 Å². The molecule has 0 bridgehead atoms. The van der Waals surface area contributed by atoms with Crippen molar-refractivity contribution >= 4 is 48.1 Å². The van der Waals surface area contributed by atoms with Crippen LogP contribution < -0.4 is 4.72 Å². The zero-order chi connectivity index (χ0) is 19.9. The van der Waals surface area contributed by atoms with Crippen LogP contribution >= 0.6 is 10.7 Å². The molecule has 1 amide bonds. The van der Waals surface area contributed by atoms with Crippen molar-refractivity contribution in [3.05, 3.63) is 0 Å². The highest BCUT2D eigenvalue weighted by molar-refractivity contribution is 8.12. The van der Waals surface area contributed by atoms with Crippen LogP contribution in [0.3, 0.4) is 0 Å². The lowest BCUT2D eigenvalue weighted by Gasteiger charge is -2.26. The number of halogens is 1. The monoisotopic (exact) mass is 419 g/mol. The quantitative estimate of drug-likeness (QED) is 0.386. The second-order valence-corrected chi connectivity index (χ2v) is 9.49. The van der Waals surface area contributed by atoms with Gasteiger partial charge in [0.1, 0.15) is 11.4 Å². The normalized spacial score (nSPS) is 16.1. The molecular formula is C11H18ClN3O8S2. The number of nitrogens with zero attached hydrogens (tertiary/aromatic N) is 2. The number of rotatable bonds is 3. The van der Waals surface area contributed by atoms with Crippen molar-refractivity contribution in [2.24, 2.45) is 4.40 Å². The lowest BCUT2D eigenvalue weighted by Crippen LogP contribution is -2.48. The molecular weight excluding hydrogens is 402 g/mol. The van der Waals surface area contributed by atoms with Crippen molar-refractivity contribution in [2.45, 2.75) is 39.2 Å². The molecule has 1 saturated heterocycles. The third kappa shape index (κ3) is 11.6. The Hall–Kier alpha value is -1.53.